The Morgan fingerprint density at radius 2 is 1.93 bits per heavy atom. The summed E-state index contributed by atoms with van der Waals surface area (Å²) in [6.45, 7) is 2.56. The first-order valence-corrected chi connectivity index (χ1v) is 14.4. The van der Waals surface area contributed by atoms with Gasteiger partial charge in [0.15, 0.2) is 17.2 Å². The molecule has 6 N–H and O–H groups in total. The SMILES string of the molecule is C=C1N[C@H]2[C@H](CN3C(=O)CCC3=O)N=C(NC(=O)OCC(Cl)(Cl)Cl)N3CC(NC(=O)c4cccc5c4OCO5)C(O)(O)[C@]23N1. The third-order valence-corrected chi connectivity index (χ3v) is 8.27. The summed E-state index contributed by atoms with van der Waals surface area (Å²) >= 11 is 17.1. The van der Waals surface area contributed by atoms with Crippen LogP contribution < -0.4 is 30.7 Å². The lowest BCUT2D eigenvalue weighted by Gasteiger charge is -2.49. The van der Waals surface area contributed by atoms with E-state index >= 15 is 0 Å². The van der Waals surface area contributed by atoms with E-state index in [-0.39, 0.29) is 55.8 Å². The standard InChI is InChI=1S/C25H26Cl3N7O9/c1-11-29-19-13(7-34-16(36)5-6-17(34)37)30-21(32-22(39)42-9-23(26,27)28)35-8-15(25(40,41)24(19,35)33-11)31-20(38)12-3-2-4-14-18(12)44-10-43-14/h2-4,13,15,19,29,33,40-41H,1,5-10H2,(H,31,38)(H,30,32,39)/t13-,15?,19-,24-/m0/s1. The number of aliphatic imine (C=N–C) groups is 1. The van der Waals surface area contributed by atoms with E-state index in [2.05, 4.69) is 32.8 Å². The first kappa shape index (κ1) is 30.3. The van der Waals surface area contributed by atoms with Gasteiger partial charge in [0.05, 0.1) is 30.0 Å². The Morgan fingerprint density at radius 3 is 2.64 bits per heavy atom. The molecule has 0 saturated carbocycles. The summed E-state index contributed by atoms with van der Waals surface area (Å²) in [5, 5.41) is 34.7. The van der Waals surface area contributed by atoms with Gasteiger partial charge in [-0.1, -0.05) is 47.4 Å². The second-order valence-electron chi connectivity index (χ2n) is 10.6. The Balaban J connectivity index is 1.35. The van der Waals surface area contributed by atoms with Crippen molar-refractivity contribution >= 4 is 64.6 Å². The van der Waals surface area contributed by atoms with Crippen molar-refractivity contribution in [2.45, 2.75) is 46.2 Å². The highest BCUT2D eigenvalue weighted by molar-refractivity contribution is 6.67. The van der Waals surface area contributed by atoms with Crippen molar-refractivity contribution in [2.75, 3.05) is 26.5 Å². The average molecular weight is 675 g/mol. The molecule has 19 heteroatoms. The summed E-state index contributed by atoms with van der Waals surface area (Å²) in [5.41, 5.74) is -1.86. The number of halogens is 3. The Hall–Kier alpha value is -3.70. The molecule has 4 amide bonds. The molecule has 0 aromatic heterocycles. The average Bonchev–Trinajstić information content (AvgIpc) is 3.70. The summed E-state index contributed by atoms with van der Waals surface area (Å²) in [4.78, 5) is 58.1. The fourth-order valence-corrected chi connectivity index (χ4v) is 6.23. The Labute approximate surface area is 264 Å². The summed E-state index contributed by atoms with van der Waals surface area (Å²) in [5.74, 6) is -3.93. The normalized spacial score (nSPS) is 28.2. The minimum Gasteiger partial charge on any atom is -0.454 e. The van der Waals surface area contributed by atoms with Gasteiger partial charge < -0.3 is 45.3 Å². The maximum atomic E-state index is 13.4. The molecule has 44 heavy (non-hydrogen) atoms. The van der Waals surface area contributed by atoms with E-state index in [9.17, 15) is 29.4 Å². The number of amides is 4. The largest absolute Gasteiger partial charge is 0.454 e. The molecule has 0 aliphatic carbocycles. The fourth-order valence-electron chi connectivity index (χ4n) is 6.07. The van der Waals surface area contributed by atoms with Crippen LogP contribution in [0.1, 0.15) is 23.2 Å². The number of nitrogens with zero attached hydrogens (tertiary/aromatic N) is 3. The zero-order chi connectivity index (χ0) is 31.6. The molecule has 0 bridgehead atoms. The molecule has 5 heterocycles. The highest BCUT2D eigenvalue weighted by atomic mass is 35.6. The summed E-state index contributed by atoms with van der Waals surface area (Å²) in [6.07, 6.45) is -1.08. The highest BCUT2D eigenvalue weighted by Crippen LogP contribution is 2.45. The molecule has 1 spiro atoms. The Kier molecular flexibility index (Phi) is 7.40. The number of ether oxygens (including phenoxy) is 3. The fraction of sp³-hybridized carbons (Fsp3) is 0.480. The van der Waals surface area contributed by atoms with Crippen LogP contribution in [0.5, 0.6) is 11.5 Å². The van der Waals surface area contributed by atoms with Crippen molar-refractivity contribution in [3.8, 4) is 11.5 Å². The topological polar surface area (TPSA) is 203 Å². The van der Waals surface area contributed by atoms with E-state index in [4.69, 9.17) is 49.0 Å². The molecular formula is C25H26Cl3N7O9. The lowest BCUT2D eigenvalue weighted by atomic mass is 9.85. The molecule has 1 aromatic carbocycles. The van der Waals surface area contributed by atoms with Crippen LogP contribution in [0.3, 0.4) is 0 Å². The summed E-state index contributed by atoms with van der Waals surface area (Å²) < 4.78 is 13.8. The van der Waals surface area contributed by atoms with Crippen LogP contribution in [0.2, 0.25) is 0 Å². The maximum Gasteiger partial charge on any atom is 0.414 e. The molecule has 5 aliphatic rings. The molecule has 236 valence electrons. The van der Waals surface area contributed by atoms with Crippen LogP contribution >= 0.6 is 34.8 Å². The minimum absolute atomic E-state index is 0.0139. The molecule has 4 atom stereocenters. The second-order valence-corrected chi connectivity index (χ2v) is 13.1. The number of guanidine groups is 1. The number of benzene rings is 1. The van der Waals surface area contributed by atoms with Crippen LogP contribution in [-0.2, 0) is 14.3 Å². The number of imide groups is 1. The molecule has 3 fully saturated rings. The van der Waals surface area contributed by atoms with Gasteiger partial charge in [-0.15, -0.1) is 0 Å². The Bertz CT molecular complexity index is 1470. The van der Waals surface area contributed by atoms with E-state index in [1.165, 1.54) is 11.0 Å². The lowest BCUT2D eigenvalue weighted by Crippen LogP contribution is -2.78. The summed E-state index contributed by atoms with van der Waals surface area (Å²) in [7, 11) is 0. The number of likely N-dealkylation sites (tertiary alicyclic amines) is 1. The number of carbonyl (C=O) groups excluding carboxylic acids is 4. The molecule has 16 nitrogen and oxygen atoms in total. The molecule has 6 rings (SSSR count). The van der Waals surface area contributed by atoms with Crippen molar-refractivity contribution in [1.29, 1.82) is 0 Å². The zero-order valence-electron chi connectivity index (χ0n) is 22.6. The van der Waals surface area contributed by atoms with E-state index in [0.29, 0.717) is 5.75 Å². The highest BCUT2D eigenvalue weighted by Gasteiger charge is 2.74. The van der Waals surface area contributed by atoms with Gasteiger partial charge in [-0.05, 0) is 12.1 Å². The zero-order valence-corrected chi connectivity index (χ0v) is 24.9. The van der Waals surface area contributed by atoms with Gasteiger partial charge in [0.25, 0.3) is 5.91 Å². The van der Waals surface area contributed by atoms with Gasteiger partial charge >= 0.3 is 6.09 Å². The molecule has 3 saturated heterocycles. The van der Waals surface area contributed by atoms with Crippen LogP contribution in [-0.4, -0.2) is 110 Å². The number of aliphatic hydroxyl groups is 2. The van der Waals surface area contributed by atoms with Crippen molar-refractivity contribution in [1.82, 2.24) is 31.1 Å². The van der Waals surface area contributed by atoms with Gasteiger partial charge in [-0.2, -0.15) is 0 Å². The first-order valence-electron chi connectivity index (χ1n) is 13.3. The number of carbonyl (C=O) groups is 4. The number of para-hydroxylation sites is 1. The third-order valence-electron chi connectivity index (χ3n) is 7.94. The van der Waals surface area contributed by atoms with Gasteiger partial charge in [0.1, 0.15) is 12.6 Å². The number of hydrogen-bond donors (Lipinski definition) is 6. The minimum atomic E-state index is -2.79. The van der Waals surface area contributed by atoms with E-state index in [1.54, 1.807) is 12.1 Å². The number of nitrogens with one attached hydrogen (secondary N) is 4. The van der Waals surface area contributed by atoms with Crippen LogP contribution in [0.25, 0.3) is 0 Å². The van der Waals surface area contributed by atoms with Crippen molar-refractivity contribution in [3.05, 3.63) is 36.2 Å². The number of hydrogen-bond acceptors (Lipinski definition) is 13. The molecule has 1 aromatic rings. The Morgan fingerprint density at radius 1 is 1.20 bits per heavy atom. The smallest absolute Gasteiger partial charge is 0.414 e. The van der Waals surface area contributed by atoms with Crippen molar-refractivity contribution < 1.29 is 43.6 Å². The van der Waals surface area contributed by atoms with E-state index < -0.39 is 63.8 Å². The predicted molar refractivity (Wildman–Crippen MR) is 152 cm³/mol. The van der Waals surface area contributed by atoms with Crippen LogP contribution in [0.4, 0.5) is 4.79 Å². The molecule has 1 unspecified atom stereocenters. The van der Waals surface area contributed by atoms with Gasteiger partial charge in [0, 0.05) is 19.4 Å². The van der Waals surface area contributed by atoms with Gasteiger partial charge in [0.2, 0.25) is 34.1 Å². The quantitative estimate of drug-likeness (QED) is 0.129. The number of rotatable bonds is 5. The predicted octanol–water partition coefficient (Wildman–Crippen LogP) is -0.777. The summed E-state index contributed by atoms with van der Waals surface area (Å²) in [6, 6.07) is 1.16. The molecular weight excluding hydrogens is 649 g/mol. The third kappa shape index (κ3) is 4.99. The first-order chi connectivity index (χ1) is 20.7. The van der Waals surface area contributed by atoms with Gasteiger partial charge in [-0.25, -0.2) is 9.79 Å². The number of alkyl carbamates (subject to hydrolysis) is 1. The lowest BCUT2D eigenvalue weighted by molar-refractivity contribution is -0.231. The van der Waals surface area contributed by atoms with Crippen molar-refractivity contribution in [3.63, 3.8) is 0 Å². The van der Waals surface area contributed by atoms with Crippen LogP contribution in [0, 0.1) is 0 Å². The number of alkyl halides is 3. The van der Waals surface area contributed by atoms with Gasteiger partial charge in [-0.3, -0.25) is 24.6 Å². The monoisotopic (exact) mass is 673 g/mol. The molecule has 0 radical (unpaired) electrons. The van der Waals surface area contributed by atoms with E-state index in [1.807, 2.05) is 0 Å². The maximum absolute atomic E-state index is 13.4. The second kappa shape index (κ2) is 10.7. The van der Waals surface area contributed by atoms with Crippen molar-refractivity contribution in [2.24, 2.45) is 4.99 Å². The number of fused-ring (bicyclic) bond motifs is 1. The van der Waals surface area contributed by atoms with E-state index in [0.717, 1.165) is 4.90 Å². The van der Waals surface area contributed by atoms with Crippen LogP contribution in [0.15, 0.2) is 35.6 Å². The molecule has 5 aliphatic heterocycles.